The van der Waals surface area contributed by atoms with Gasteiger partial charge in [-0.2, -0.15) is 0 Å². The molecular weight excluding hydrogens is 228 g/mol. The third kappa shape index (κ3) is 5.24. The van der Waals surface area contributed by atoms with Gasteiger partial charge in [0.15, 0.2) is 0 Å². The van der Waals surface area contributed by atoms with Crippen molar-refractivity contribution in [2.75, 3.05) is 18.8 Å². The lowest BCUT2D eigenvalue weighted by atomic mass is 10.5. The molecule has 0 aliphatic carbocycles. The molecule has 0 aliphatic heterocycles. The fourth-order valence-electron chi connectivity index (χ4n) is 1.15. The topological polar surface area (TPSA) is 86.9 Å². The van der Waals surface area contributed by atoms with E-state index in [0.29, 0.717) is 12.4 Å². The summed E-state index contributed by atoms with van der Waals surface area (Å²) in [7, 11) is -3.21. The van der Waals surface area contributed by atoms with Gasteiger partial charge in [-0.3, -0.25) is 0 Å². The van der Waals surface area contributed by atoms with Crippen molar-refractivity contribution < 1.29 is 8.42 Å². The van der Waals surface area contributed by atoms with E-state index in [4.69, 9.17) is 0 Å². The number of rotatable bonds is 8. The number of H-pyrrole nitrogens is 1. The van der Waals surface area contributed by atoms with Crippen LogP contribution in [0.5, 0.6) is 0 Å². The quantitative estimate of drug-likeness (QED) is 0.556. The van der Waals surface area contributed by atoms with Crippen molar-refractivity contribution in [3.05, 3.63) is 18.2 Å². The van der Waals surface area contributed by atoms with Gasteiger partial charge in [0.25, 0.3) is 0 Å². The first-order valence-electron chi connectivity index (χ1n) is 5.30. The van der Waals surface area contributed by atoms with Crippen LogP contribution in [0.4, 0.5) is 0 Å². The molecule has 0 amide bonds. The molecule has 0 radical (unpaired) electrons. The third-order valence-electron chi connectivity index (χ3n) is 1.99. The molecular formula is C9H18N4O2S. The van der Waals surface area contributed by atoms with E-state index in [1.807, 2.05) is 6.92 Å². The SMILES string of the molecule is CCCNCCS(=O)(=O)NCc1ncc[nH]1. The Balaban J connectivity index is 2.23. The number of hydrogen-bond donors (Lipinski definition) is 3. The fraction of sp³-hybridized carbons (Fsp3) is 0.667. The average molecular weight is 246 g/mol. The summed E-state index contributed by atoms with van der Waals surface area (Å²) in [5.74, 6) is 0.707. The van der Waals surface area contributed by atoms with Gasteiger partial charge >= 0.3 is 0 Å². The van der Waals surface area contributed by atoms with Crippen molar-refractivity contribution in [1.82, 2.24) is 20.0 Å². The summed E-state index contributed by atoms with van der Waals surface area (Å²) >= 11 is 0. The smallest absolute Gasteiger partial charge is 0.213 e. The lowest BCUT2D eigenvalue weighted by Gasteiger charge is -2.05. The zero-order valence-corrected chi connectivity index (χ0v) is 10.2. The van der Waals surface area contributed by atoms with E-state index < -0.39 is 10.0 Å². The standard InChI is InChI=1S/C9H18N4O2S/c1-2-3-10-6-7-16(14,15)13-8-9-11-4-5-12-9/h4-5,10,13H,2-3,6-8H2,1H3,(H,11,12). The van der Waals surface area contributed by atoms with Gasteiger partial charge in [-0.15, -0.1) is 0 Å². The van der Waals surface area contributed by atoms with Gasteiger partial charge in [-0.1, -0.05) is 6.92 Å². The molecule has 0 bridgehead atoms. The summed E-state index contributed by atoms with van der Waals surface area (Å²) in [5, 5.41) is 3.04. The summed E-state index contributed by atoms with van der Waals surface area (Å²) in [5.41, 5.74) is 0. The van der Waals surface area contributed by atoms with Gasteiger partial charge in [-0.05, 0) is 13.0 Å². The Morgan fingerprint density at radius 1 is 1.44 bits per heavy atom. The van der Waals surface area contributed by atoms with Gasteiger partial charge in [0, 0.05) is 18.9 Å². The molecule has 0 aliphatic rings. The van der Waals surface area contributed by atoms with Crippen LogP contribution in [-0.4, -0.2) is 37.2 Å². The van der Waals surface area contributed by atoms with Crippen LogP contribution in [0, 0.1) is 0 Å². The molecule has 1 aromatic heterocycles. The monoisotopic (exact) mass is 246 g/mol. The number of nitrogens with zero attached hydrogens (tertiary/aromatic N) is 1. The summed E-state index contributed by atoms with van der Waals surface area (Å²) < 4.78 is 25.5. The molecule has 0 fully saturated rings. The first kappa shape index (κ1) is 13.1. The second kappa shape index (κ2) is 6.62. The average Bonchev–Trinajstić information content (AvgIpc) is 2.75. The van der Waals surface area contributed by atoms with Crippen LogP contribution in [-0.2, 0) is 16.6 Å². The van der Waals surface area contributed by atoms with Crippen molar-refractivity contribution in [2.24, 2.45) is 0 Å². The van der Waals surface area contributed by atoms with Crippen LogP contribution in [0.3, 0.4) is 0 Å². The Morgan fingerprint density at radius 3 is 2.88 bits per heavy atom. The molecule has 0 spiro atoms. The normalized spacial score (nSPS) is 11.8. The van der Waals surface area contributed by atoms with E-state index in [2.05, 4.69) is 20.0 Å². The summed E-state index contributed by atoms with van der Waals surface area (Å²) in [6.45, 7) is 3.56. The van der Waals surface area contributed by atoms with Crippen LogP contribution >= 0.6 is 0 Å². The predicted molar refractivity (Wildman–Crippen MR) is 62.4 cm³/mol. The van der Waals surface area contributed by atoms with Gasteiger partial charge in [0.05, 0.1) is 12.3 Å². The molecule has 1 rings (SSSR count). The Labute approximate surface area is 95.9 Å². The highest BCUT2D eigenvalue weighted by Gasteiger charge is 2.09. The summed E-state index contributed by atoms with van der Waals surface area (Å²) in [6.07, 6.45) is 4.25. The first-order valence-corrected chi connectivity index (χ1v) is 6.95. The van der Waals surface area contributed by atoms with E-state index >= 15 is 0 Å². The molecule has 92 valence electrons. The molecule has 0 unspecified atom stereocenters. The highest BCUT2D eigenvalue weighted by atomic mass is 32.2. The van der Waals surface area contributed by atoms with E-state index in [1.165, 1.54) is 0 Å². The van der Waals surface area contributed by atoms with Crippen molar-refractivity contribution >= 4 is 10.0 Å². The molecule has 7 heteroatoms. The Bertz CT molecular complexity index is 374. The molecule has 1 aromatic rings. The minimum absolute atomic E-state index is 0.0910. The number of aromatic nitrogens is 2. The van der Waals surface area contributed by atoms with Crippen molar-refractivity contribution in [3.8, 4) is 0 Å². The minimum Gasteiger partial charge on any atom is -0.347 e. The van der Waals surface area contributed by atoms with Crippen LogP contribution in [0.2, 0.25) is 0 Å². The minimum atomic E-state index is -3.21. The number of aromatic amines is 1. The van der Waals surface area contributed by atoms with Gasteiger partial charge in [-0.25, -0.2) is 18.1 Å². The molecule has 0 saturated heterocycles. The first-order chi connectivity index (χ1) is 7.64. The number of hydrogen-bond acceptors (Lipinski definition) is 4. The predicted octanol–water partition coefficient (Wildman–Crippen LogP) is -0.171. The number of sulfonamides is 1. The van der Waals surface area contributed by atoms with E-state index in [-0.39, 0.29) is 12.3 Å². The van der Waals surface area contributed by atoms with Crippen LogP contribution in [0.25, 0.3) is 0 Å². The second-order valence-corrected chi connectivity index (χ2v) is 5.35. The molecule has 0 atom stereocenters. The molecule has 3 N–H and O–H groups in total. The van der Waals surface area contributed by atoms with E-state index in [1.54, 1.807) is 12.4 Å². The van der Waals surface area contributed by atoms with Crippen molar-refractivity contribution in [1.29, 1.82) is 0 Å². The maximum Gasteiger partial charge on any atom is 0.213 e. The van der Waals surface area contributed by atoms with E-state index in [0.717, 1.165) is 13.0 Å². The van der Waals surface area contributed by atoms with E-state index in [9.17, 15) is 8.42 Å². The molecule has 16 heavy (non-hydrogen) atoms. The van der Waals surface area contributed by atoms with Gasteiger partial charge in [0.1, 0.15) is 5.82 Å². The van der Waals surface area contributed by atoms with Crippen molar-refractivity contribution in [2.45, 2.75) is 19.9 Å². The Kier molecular flexibility index (Phi) is 5.44. The molecule has 0 aromatic carbocycles. The maximum atomic E-state index is 11.5. The largest absolute Gasteiger partial charge is 0.347 e. The Morgan fingerprint density at radius 2 is 2.25 bits per heavy atom. The number of imidazole rings is 1. The zero-order valence-electron chi connectivity index (χ0n) is 9.36. The van der Waals surface area contributed by atoms with Crippen LogP contribution < -0.4 is 10.0 Å². The Hall–Kier alpha value is -0.920. The van der Waals surface area contributed by atoms with Gasteiger partial charge in [0.2, 0.25) is 10.0 Å². The second-order valence-electron chi connectivity index (χ2n) is 3.43. The summed E-state index contributed by atoms with van der Waals surface area (Å²) in [6, 6.07) is 0. The van der Waals surface area contributed by atoms with Crippen LogP contribution in [0.15, 0.2) is 12.4 Å². The highest BCUT2D eigenvalue weighted by molar-refractivity contribution is 7.89. The highest BCUT2D eigenvalue weighted by Crippen LogP contribution is 1.90. The molecule has 6 nitrogen and oxygen atoms in total. The van der Waals surface area contributed by atoms with Gasteiger partial charge < -0.3 is 10.3 Å². The number of nitrogens with one attached hydrogen (secondary N) is 3. The summed E-state index contributed by atoms with van der Waals surface area (Å²) in [4.78, 5) is 6.76. The molecule has 1 heterocycles. The van der Waals surface area contributed by atoms with Crippen molar-refractivity contribution in [3.63, 3.8) is 0 Å². The lowest BCUT2D eigenvalue weighted by molar-refractivity contribution is 0.574. The zero-order chi connectivity index (χ0) is 11.9. The lowest BCUT2D eigenvalue weighted by Crippen LogP contribution is -2.32. The fourth-order valence-corrected chi connectivity index (χ4v) is 2.07. The van der Waals surface area contributed by atoms with Crippen LogP contribution in [0.1, 0.15) is 19.2 Å². The third-order valence-corrected chi connectivity index (χ3v) is 3.31. The maximum absolute atomic E-state index is 11.5. The molecule has 0 saturated carbocycles.